The number of methoxy groups -OCH3 is 1. The molecule has 0 radical (unpaired) electrons. The number of fused-ring (bicyclic) bond motifs is 1. The Morgan fingerprint density at radius 3 is 2.31 bits per heavy atom. The molecule has 1 fully saturated rings. The first kappa shape index (κ1) is 23.7. The van der Waals surface area contributed by atoms with E-state index in [0.717, 1.165) is 5.69 Å². The summed E-state index contributed by atoms with van der Waals surface area (Å²) in [5.74, 6) is -0.0983. The smallest absolute Gasteiger partial charge is 0.293 e. The van der Waals surface area contributed by atoms with Crippen LogP contribution >= 0.6 is 0 Å². The van der Waals surface area contributed by atoms with Gasteiger partial charge in [0.1, 0.15) is 17.0 Å². The highest BCUT2D eigenvalue weighted by atomic mass is 16.6. The molecule has 0 N–H and O–H groups in total. The van der Waals surface area contributed by atoms with Gasteiger partial charge in [0.25, 0.3) is 17.3 Å². The van der Waals surface area contributed by atoms with Gasteiger partial charge in [-0.2, -0.15) is 0 Å². The molecule has 1 aliphatic heterocycles. The second kappa shape index (κ2) is 9.41. The molecule has 1 aliphatic rings. The molecular formula is C23H24N6O6. The second-order valence-electron chi connectivity index (χ2n) is 8.23. The molecule has 12 nitrogen and oxygen atoms in total. The van der Waals surface area contributed by atoms with Crippen LogP contribution < -0.4 is 14.5 Å². The average molecular weight is 480 g/mol. The molecule has 2 aromatic carbocycles. The van der Waals surface area contributed by atoms with E-state index in [4.69, 9.17) is 4.74 Å². The first-order valence-electron chi connectivity index (χ1n) is 10.8. The van der Waals surface area contributed by atoms with Crippen molar-refractivity contribution in [1.29, 1.82) is 0 Å². The second-order valence-corrected chi connectivity index (χ2v) is 8.23. The van der Waals surface area contributed by atoms with E-state index >= 15 is 0 Å². The Labute approximate surface area is 200 Å². The number of nitro benzene ring substituents is 2. The summed E-state index contributed by atoms with van der Waals surface area (Å²) in [6, 6.07) is 9.22. The fourth-order valence-electron chi connectivity index (χ4n) is 4.28. The van der Waals surface area contributed by atoms with Crippen LogP contribution in [0.25, 0.3) is 10.9 Å². The minimum absolute atomic E-state index is 0.0134. The topological polar surface area (TPSA) is 135 Å². The van der Waals surface area contributed by atoms with Crippen LogP contribution in [-0.4, -0.2) is 73.0 Å². The van der Waals surface area contributed by atoms with Crippen molar-refractivity contribution >= 4 is 39.6 Å². The van der Waals surface area contributed by atoms with E-state index in [1.165, 1.54) is 25.3 Å². The van der Waals surface area contributed by atoms with E-state index in [2.05, 4.69) is 4.98 Å². The number of hydrogen-bond donors (Lipinski definition) is 0. The fraction of sp³-hybridized carbons (Fsp3) is 0.304. The highest BCUT2D eigenvalue weighted by Crippen LogP contribution is 2.36. The van der Waals surface area contributed by atoms with Crippen molar-refractivity contribution < 1.29 is 19.4 Å². The molecule has 0 bridgehead atoms. The summed E-state index contributed by atoms with van der Waals surface area (Å²) in [5.41, 5.74) is 1.55. The summed E-state index contributed by atoms with van der Waals surface area (Å²) >= 11 is 0. The SMILES string of the molecule is COc1cc(N(C)C)c([N+](=O)[O-])cc1C(=O)N1CCN(c2ccc([N+](=O)[O-])c3cccnc23)CC1. The molecule has 12 heteroatoms. The molecular weight excluding hydrogens is 456 g/mol. The Balaban J connectivity index is 1.59. The molecule has 3 aromatic rings. The number of non-ortho nitro benzene ring substituents is 1. The number of nitrogens with zero attached hydrogens (tertiary/aromatic N) is 6. The Hall–Kier alpha value is -4.48. The largest absolute Gasteiger partial charge is 0.496 e. The van der Waals surface area contributed by atoms with Crippen LogP contribution in [0.15, 0.2) is 42.6 Å². The number of carbonyl (C=O) groups is 1. The van der Waals surface area contributed by atoms with Gasteiger partial charge in [0.05, 0.1) is 33.6 Å². The quantitative estimate of drug-likeness (QED) is 0.385. The van der Waals surface area contributed by atoms with E-state index in [9.17, 15) is 25.0 Å². The average Bonchev–Trinajstić information content (AvgIpc) is 2.86. The van der Waals surface area contributed by atoms with Crippen molar-refractivity contribution in [2.24, 2.45) is 0 Å². The summed E-state index contributed by atoms with van der Waals surface area (Å²) in [5, 5.41) is 23.5. The van der Waals surface area contributed by atoms with Gasteiger partial charge in [-0.25, -0.2) is 0 Å². The number of carbonyl (C=O) groups excluding carboxylic acids is 1. The highest BCUT2D eigenvalue weighted by Gasteiger charge is 2.29. The Morgan fingerprint density at radius 1 is 1.03 bits per heavy atom. The van der Waals surface area contributed by atoms with E-state index in [-0.39, 0.29) is 28.6 Å². The van der Waals surface area contributed by atoms with Crippen LogP contribution in [0.4, 0.5) is 22.7 Å². The van der Waals surface area contributed by atoms with Crippen LogP contribution in [0.3, 0.4) is 0 Å². The van der Waals surface area contributed by atoms with Gasteiger partial charge >= 0.3 is 0 Å². The number of benzene rings is 2. The molecule has 0 spiro atoms. The summed E-state index contributed by atoms with van der Waals surface area (Å²) in [6.45, 7) is 1.65. The van der Waals surface area contributed by atoms with E-state index in [1.54, 1.807) is 48.3 Å². The van der Waals surface area contributed by atoms with Crippen LogP contribution in [0, 0.1) is 20.2 Å². The van der Waals surface area contributed by atoms with Crippen LogP contribution in [0.2, 0.25) is 0 Å². The molecule has 0 unspecified atom stereocenters. The lowest BCUT2D eigenvalue weighted by Gasteiger charge is -2.36. The molecule has 1 saturated heterocycles. The van der Waals surface area contributed by atoms with Gasteiger partial charge in [-0.05, 0) is 18.2 Å². The minimum Gasteiger partial charge on any atom is -0.496 e. The van der Waals surface area contributed by atoms with Crippen molar-refractivity contribution in [1.82, 2.24) is 9.88 Å². The number of hydrogen-bond acceptors (Lipinski definition) is 9. The first-order valence-corrected chi connectivity index (χ1v) is 10.8. The molecule has 0 saturated carbocycles. The number of pyridine rings is 1. The third-order valence-corrected chi connectivity index (χ3v) is 6.04. The van der Waals surface area contributed by atoms with Crippen molar-refractivity contribution in [3.63, 3.8) is 0 Å². The monoisotopic (exact) mass is 480 g/mol. The van der Waals surface area contributed by atoms with Crippen molar-refractivity contribution in [2.75, 3.05) is 57.2 Å². The molecule has 1 amide bonds. The van der Waals surface area contributed by atoms with E-state index in [1.807, 2.05) is 4.90 Å². The lowest BCUT2D eigenvalue weighted by Crippen LogP contribution is -2.49. The van der Waals surface area contributed by atoms with Crippen molar-refractivity contribution in [3.05, 3.63) is 68.4 Å². The fourth-order valence-corrected chi connectivity index (χ4v) is 4.28. The predicted octanol–water partition coefficient (Wildman–Crippen LogP) is 3.09. The number of aromatic nitrogens is 1. The zero-order valence-corrected chi connectivity index (χ0v) is 19.5. The standard InChI is InChI=1S/C23H24N6O6/c1-25(2)19-14-21(35-3)16(13-20(19)29(33)34)23(30)27-11-9-26(10-12-27)18-7-6-17(28(31)32)15-5-4-8-24-22(15)18/h4-8,13-14H,9-12H2,1-3H3. The van der Waals surface area contributed by atoms with E-state index in [0.29, 0.717) is 42.8 Å². The number of amides is 1. The maximum atomic E-state index is 13.3. The van der Waals surface area contributed by atoms with Gasteiger partial charge in [0.2, 0.25) is 0 Å². The lowest BCUT2D eigenvalue weighted by atomic mass is 10.1. The van der Waals surface area contributed by atoms with Gasteiger partial charge in [-0.3, -0.25) is 30.0 Å². The zero-order chi connectivity index (χ0) is 25.3. The summed E-state index contributed by atoms with van der Waals surface area (Å²) in [4.78, 5) is 45.0. The van der Waals surface area contributed by atoms with Gasteiger partial charge in [-0.1, -0.05) is 0 Å². The number of piperazine rings is 1. The van der Waals surface area contributed by atoms with Gasteiger partial charge in [0, 0.05) is 64.7 Å². The van der Waals surface area contributed by atoms with Crippen molar-refractivity contribution in [3.8, 4) is 5.75 Å². The summed E-state index contributed by atoms with van der Waals surface area (Å²) < 4.78 is 5.38. The van der Waals surface area contributed by atoms with Crippen LogP contribution in [0.5, 0.6) is 5.75 Å². The molecule has 2 heterocycles. The number of rotatable bonds is 6. The van der Waals surface area contributed by atoms with Crippen molar-refractivity contribution in [2.45, 2.75) is 0 Å². The third kappa shape index (κ3) is 4.37. The Bertz CT molecular complexity index is 1320. The molecule has 35 heavy (non-hydrogen) atoms. The molecule has 4 rings (SSSR count). The Kier molecular flexibility index (Phi) is 6.36. The molecule has 182 valence electrons. The predicted molar refractivity (Wildman–Crippen MR) is 130 cm³/mol. The van der Waals surface area contributed by atoms with Gasteiger partial charge in [0.15, 0.2) is 0 Å². The first-order chi connectivity index (χ1) is 16.7. The van der Waals surface area contributed by atoms with Crippen LogP contribution in [0.1, 0.15) is 10.4 Å². The molecule has 0 atom stereocenters. The third-order valence-electron chi connectivity index (χ3n) is 6.04. The number of nitro groups is 2. The van der Waals surface area contributed by atoms with Crippen LogP contribution in [-0.2, 0) is 0 Å². The lowest BCUT2D eigenvalue weighted by molar-refractivity contribution is -0.384. The van der Waals surface area contributed by atoms with E-state index < -0.39 is 9.85 Å². The van der Waals surface area contributed by atoms with Gasteiger partial charge < -0.3 is 19.4 Å². The maximum Gasteiger partial charge on any atom is 0.293 e. The summed E-state index contributed by atoms with van der Waals surface area (Å²) in [6.07, 6.45) is 1.59. The minimum atomic E-state index is -0.518. The van der Waals surface area contributed by atoms with Gasteiger partial charge in [-0.15, -0.1) is 0 Å². The molecule has 1 aromatic heterocycles. The maximum absolute atomic E-state index is 13.3. The highest BCUT2D eigenvalue weighted by molar-refractivity contribution is 5.99. The molecule has 0 aliphatic carbocycles. The number of ether oxygens (including phenoxy) is 1. The number of anilines is 2. The normalized spacial score (nSPS) is 13.6. The summed E-state index contributed by atoms with van der Waals surface area (Å²) in [7, 11) is 4.78. The Morgan fingerprint density at radius 2 is 1.71 bits per heavy atom. The zero-order valence-electron chi connectivity index (χ0n) is 19.5.